The van der Waals surface area contributed by atoms with Crippen LogP contribution in [0.1, 0.15) is 111 Å². The first-order valence-electron chi connectivity index (χ1n) is 10.8. The first-order chi connectivity index (χ1) is 11.2. The van der Waals surface area contributed by atoms with Crippen LogP contribution in [-0.2, 0) is 4.43 Å². The number of rotatable bonds is 18. The molecule has 0 aliphatic rings. The summed E-state index contributed by atoms with van der Waals surface area (Å²) < 4.78 is 6.26. The van der Waals surface area contributed by atoms with Crippen LogP contribution in [0.2, 0.25) is 18.1 Å². The molecule has 0 spiro atoms. The Morgan fingerprint density at radius 3 is 1.13 bits per heavy atom. The van der Waals surface area contributed by atoms with Gasteiger partial charge in [-0.3, -0.25) is 0 Å². The van der Waals surface area contributed by atoms with Crippen LogP contribution in [0.3, 0.4) is 0 Å². The van der Waals surface area contributed by atoms with Crippen LogP contribution < -0.4 is 0 Å². The standard InChI is InChI=1S/C21H46OSi/c1-5-8-11-14-15-18-21-23(22-4,19-16-12-9-6-2)20-17-13-10-7-3/h5-21H2,1-4H3. The minimum atomic E-state index is -1.44. The Labute approximate surface area is 149 Å². The molecule has 2 heteroatoms. The van der Waals surface area contributed by atoms with E-state index in [1.54, 1.807) is 0 Å². The topological polar surface area (TPSA) is 9.23 Å². The van der Waals surface area contributed by atoms with E-state index in [0.717, 1.165) is 0 Å². The smallest absolute Gasteiger partial charge is 0.192 e. The van der Waals surface area contributed by atoms with Crippen LogP contribution in [0.5, 0.6) is 0 Å². The lowest BCUT2D eigenvalue weighted by atomic mass is 10.1. The van der Waals surface area contributed by atoms with E-state index in [4.69, 9.17) is 4.43 Å². The molecule has 0 saturated heterocycles. The maximum absolute atomic E-state index is 6.26. The maximum Gasteiger partial charge on any atom is 0.192 e. The highest BCUT2D eigenvalue weighted by atomic mass is 28.4. The van der Waals surface area contributed by atoms with Crippen LogP contribution >= 0.6 is 0 Å². The van der Waals surface area contributed by atoms with Crippen molar-refractivity contribution in [2.75, 3.05) is 7.11 Å². The molecular formula is C21H46OSi. The summed E-state index contributed by atoms with van der Waals surface area (Å²) in [7, 11) is 0.593. The largest absolute Gasteiger partial charge is 0.420 e. The molecule has 0 aromatic carbocycles. The molecule has 0 rings (SSSR count). The fourth-order valence-corrected chi connectivity index (χ4v) is 7.70. The van der Waals surface area contributed by atoms with Gasteiger partial charge in [0.05, 0.1) is 0 Å². The Morgan fingerprint density at radius 1 is 0.478 bits per heavy atom. The molecule has 23 heavy (non-hydrogen) atoms. The van der Waals surface area contributed by atoms with E-state index in [2.05, 4.69) is 20.8 Å². The number of hydrogen-bond donors (Lipinski definition) is 0. The van der Waals surface area contributed by atoms with Gasteiger partial charge >= 0.3 is 0 Å². The SMILES string of the molecule is CCCCCCCC[Si](CCCCCC)(CCCCCC)OC. The number of hydrogen-bond acceptors (Lipinski definition) is 1. The van der Waals surface area contributed by atoms with Crippen molar-refractivity contribution in [1.29, 1.82) is 0 Å². The van der Waals surface area contributed by atoms with E-state index in [1.807, 2.05) is 7.11 Å². The minimum absolute atomic E-state index is 1.34. The molecule has 0 fully saturated rings. The first-order valence-corrected chi connectivity index (χ1v) is 13.3. The summed E-state index contributed by atoms with van der Waals surface area (Å²) in [5, 5.41) is 0. The zero-order valence-electron chi connectivity index (χ0n) is 16.9. The molecular weight excluding hydrogens is 296 g/mol. The second kappa shape index (κ2) is 17.0. The number of unbranched alkanes of at least 4 members (excludes halogenated alkanes) is 11. The Bertz CT molecular complexity index is 218. The van der Waals surface area contributed by atoms with Gasteiger partial charge in [0.1, 0.15) is 0 Å². The van der Waals surface area contributed by atoms with Gasteiger partial charge in [-0.1, -0.05) is 111 Å². The lowest BCUT2D eigenvalue weighted by molar-refractivity contribution is 0.380. The summed E-state index contributed by atoms with van der Waals surface area (Å²) in [6.07, 6.45) is 19.7. The Balaban J connectivity index is 4.19. The predicted octanol–water partition coefficient (Wildman–Crippen LogP) is 8.10. The molecule has 0 aliphatic heterocycles. The Hall–Kier alpha value is 0.177. The van der Waals surface area contributed by atoms with Gasteiger partial charge in [-0.25, -0.2) is 0 Å². The molecule has 0 unspecified atom stereocenters. The van der Waals surface area contributed by atoms with Crippen molar-refractivity contribution in [3.63, 3.8) is 0 Å². The normalized spacial score (nSPS) is 12.0. The van der Waals surface area contributed by atoms with E-state index in [9.17, 15) is 0 Å². The third kappa shape index (κ3) is 13.2. The first kappa shape index (κ1) is 23.2. The van der Waals surface area contributed by atoms with Crippen molar-refractivity contribution in [2.45, 2.75) is 129 Å². The van der Waals surface area contributed by atoms with Crippen LogP contribution in [0, 0.1) is 0 Å². The second-order valence-electron chi connectivity index (χ2n) is 7.53. The highest BCUT2D eigenvalue weighted by Gasteiger charge is 2.31. The molecule has 1 nitrogen and oxygen atoms in total. The van der Waals surface area contributed by atoms with Crippen molar-refractivity contribution >= 4 is 8.32 Å². The zero-order chi connectivity index (χ0) is 17.2. The van der Waals surface area contributed by atoms with Gasteiger partial charge in [-0.05, 0) is 18.1 Å². The Morgan fingerprint density at radius 2 is 0.783 bits per heavy atom. The minimum Gasteiger partial charge on any atom is -0.420 e. The third-order valence-corrected chi connectivity index (χ3v) is 10.1. The average molecular weight is 343 g/mol. The van der Waals surface area contributed by atoms with Crippen LogP contribution in [0.4, 0.5) is 0 Å². The van der Waals surface area contributed by atoms with E-state index >= 15 is 0 Å². The predicted molar refractivity (Wildman–Crippen MR) is 109 cm³/mol. The molecule has 0 heterocycles. The van der Waals surface area contributed by atoms with Crippen LogP contribution in [-0.4, -0.2) is 15.4 Å². The maximum atomic E-state index is 6.26. The molecule has 0 aromatic heterocycles. The summed E-state index contributed by atoms with van der Waals surface area (Å²) in [5.41, 5.74) is 0. The second-order valence-corrected chi connectivity index (χ2v) is 11.8. The van der Waals surface area contributed by atoms with Crippen molar-refractivity contribution in [2.24, 2.45) is 0 Å². The van der Waals surface area contributed by atoms with Gasteiger partial charge in [-0.15, -0.1) is 0 Å². The molecule has 0 bridgehead atoms. The summed E-state index contributed by atoms with van der Waals surface area (Å²) in [6.45, 7) is 6.92. The summed E-state index contributed by atoms with van der Waals surface area (Å²) >= 11 is 0. The third-order valence-electron chi connectivity index (χ3n) is 5.39. The monoisotopic (exact) mass is 342 g/mol. The average Bonchev–Trinajstić information content (AvgIpc) is 2.58. The summed E-state index contributed by atoms with van der Waals surface area (Å²) in [6, 6.07) is 4.27. The Kier molecular flexibility index (Phi) is 17.1. The van der Waals surface area contributed by atoms with E-state index < -0.39 is 8.32 Å². The van der Waals surface area contributed by atoms with Crippen molar-refractivity contribution < 1.29 is 4.43 Å². The highest BCUT2D eigenvalue weighted by molar-refractivity contribution is 6.73. The molecule has 0 aromatic rings. The van der Waals surface area contributed by atoms with Crippen molar-refractivity contribution in [3.05, 3.63) is 0 Å². The fraction of sp³-hybridized carbons (Fsp3) is 1.00. The summed E-state index contributed by atoms with van der Waals surface area (Å²) in [5.74, 6) is 0. The van der Waals surface area contributed by atoms with Gasteiger partial charge in [-0.2, -0.15) is 0 Å². The molecule has 0 radical (unpaired) electrons. The van der Waals surface area contributed by atoms with Crippen LogP contribution in [0.15, 0.2) is 0 Å². The van der Waals surface area contributed by atoms with Gasteiger partial charge in [0.2, 0.25) is 0 Å². The van der Waals surface area contributed by atoms with Crippen molar-refractivity contribution in [1.82, 2.24) is 0 Å². The zero-order valence-corrected chi connectivity index (χ0v) is 17.9. The van der Waals surface area contributed by atoms with E-state index in [1.165, 1.54) is 108 Å². The van der Waals surface area contributed by atoms with E-state index in [0.29, 0.717) is 0 Å². The molecule has 0 atom stereocenters. The van der Waals surface area contributed by atoms with Crippen LogP contribution in [0.25, 0.3) is 0 Å². The molecule has 0 N–H and O–H groups in total. The molecule has 140 valence electrons. The van der Waals surface area contributed by atoms with Crippen molar-refractivity contribution in [3.8, 4) is 0 Å². The molecule has 0 amide bonds. The van der Waals surface area contributed by atoms with Gasteiger partial charge < -0.3 is 4.43 Å². The quantitative estimate of drug-likeness (QED) is 0.180. The van der Waals surface area contributed by atoms with E-state index in [-0.39, 0.29) is 0 Å². The lowest BCUT2D eigenvalue weighted by Gasteiger charge is -2.30. The van der Waals surface area contributed by atoms with Gasteiger partial charge in [0, 0.05) is 7.11 Å². The molecule has 0 aliphatic carbocycles. The fourth-order valence-electron chi connectivity index (χ4n) is 3.66. The molecule has 0 saturated carbocycles. The highest BCUT2D eigenvalue weighted by Crippen LogP contribution is 2.30. The summed E-state index contributed by atoms with van der Waals surface area (Å²) in [4.78, 5) is 0. The lowest BCUT2D eigenvalue weighted by Crippen LogP contribution is -2.36. The van der Waals surface area contributed by atoms with Gasteiger partial charge in [0.15, 0.2) is 8.32 Å². The van der Waals surface area contributed by atoms with Gasteiger partial charge in [0.25, 0.3) is 0 Å².